The minimum atomic E-state index is 0.138. The fraction of sp³-hybridized carbons (Fsp3) is 0.471. The van der Waals surface area contributed by atoms with Gasteiger partial charge in [-0.1, -0.05) is 0 Å². The molecule has 2 fully saturated rings. The number of likely N-dealkylation sites (tertiary alicyclic amines) is 1. The van der Waals surface area contributed by atoms with Crippen LogP contribution in [0.2, 0.25) is 0 Å². The predicted molar refractivity (Wildman–Crippen MR) is 87.1 cm³/mol. The normalized spacial score (nSPS) is 25.7. The minimum absolute atomic E-state index is 0.138. The van der Waals surface area contributed by atoms with E-state index in [4.69, 9.17) is 4.42 Å². The van der Waals surface area contributed by atoms with Gasteiger partial charge in [0, 0.05) is 41.9 Å². The number of rotatable bonds is 3. The molecular formula is C17H20N2O2S. The van der Waals surface area contributed by atoms with E-state index in [-0.39, 0.29) is 11.3 Å². The molecule has 0 N–H and O–H groups in total. The Kier molecular flexibility index (Phi) is 3.35. The number of carbonyl (C=O) groups excluding carboxylic acids is 1. The van der Waals surface area contributed by atoms with Crippen LogP contribution >= 0.6 is 11.3 Å². The standard InChI is InChI=1S/C17H20N2O2S/c1-13-2-3-16(22-13)19-12-17(8-15(19)20)5-6-18(11-17)9-14-4-7-21-10-14/h2-4,7,10H,5-6,8-9,11-12H2,1H3/t17-/m0/s1. The summed E-state index contributed by atoms with van der Waals surface area (Å²) in [5.41, 5.74) is 1.35. The van der Waals surface area contributed by atoms with Gasteiger partial charge < -0.3 is 9.32 Å². The highest BCUT2D eigenvalue weighted by atomic mass is 32.1. The Balaban J connectivity index is 1.46. The summed E-state index contributed by atoms with van der Waals surface area (Å²) in [4.78, 5) is 18.2. The summed E-state index contributed by atoms with van der Waals surface area (Å²) in [5, 5.41) is 1.10. The van der Waals surface area contributed by atoms with E-state index in [0.717, 1.165) is 37.6 Å². The maximum atomic E-state index is 12.5. The zero-order valence-electron chi connectivity index (χ0n) is 12.7. The van der Waals surface area contributed by atoms with E-state index in [2.05, 4.69) is 24.0 Å². The summed E-state index contributed by atoms with van der Waals surface area (Å²) in [7, 11) is 0. The van der Waals surface area contributed by atoms with Crippen molar-refractivity contribution in [2.24, 2.45) is 5.41 Å². The molecule has 1 amide bonds. The number of furan rings is 1. The molecule has 2 aliphatic rings. The van der Waals surface area contributed by atoms with Gasteiger partial charge in [-0.25, -0.2) is 0 Å². The first-order valence-electron chi connectivity index (χ1n) is 7.74. The van der Waals surface area contributed by atoms with E-state index in [0.29, 0.717) is 6.42 Å². The first-order valence-corrected chi connectivity index (χ1v) is 8.56. The highest BCUT2D eigenvalue weighted by Gasteiger charge is 2.47. The van der Waals surface area contributed by atoms with Crippen molar-refractivity contribution in [1.82, 2.24) is 4.90 Å². The van der Waals surface area contributed by atoms with Crippen LogP contribution in [0.1, 0.15) is 23.3 Å². The number of carbonyl (C=O) groups is 1. The Morgan fingerprint density at radius 2 is 2.23 bits per heavy atom. The van der Waals surface area contributed by atoms with Crippen LogP contribution in [0, 0.1) is 12.3 Å². The summed E-state index contributed by atoms with van der Waals surface area (Å²) >= 11 is 1.71. The van der Waals surface area contributed by atoms with Crippen molar-refractivity contribution in [2.75, 3.05) is 24.5 Å². The van der Waals surface area contributed by atoms with Crippen LogP contribution in [-0.2, 0) is 11.3 Å². The maximum absolute atomic E-state index is 12.5. The average molecular weight is 316 g/mol. The molecule has 5 heteroatoms. The average Bonchev–Trinajstić information content (AvgIpc) is 3.22. The van der Waals surface area contributed by atoms with Crippen LogP contribution in [-0.4, -0.2) is 30.4 Å². The molecule has 1 spiro atoms. The fourth-order valence-corrected chi connectivity index (χ4v) is 4.62. The largest absolute Gasteiger partial charge is 0.472 e. The number of hydrogen-bond donors (Lipinski definition) is 0. The summed E-state index contributed by atoms with van der Waals surface area (Å²) in [6.45, 7) is 5.95. The lowest BCUT2D eigenvalue weighted by Crippen LogP contribution is -2.30. The van der Waals surface area contributed by atoms with E-state index in [1.807, 2.05) is 17.2 Å². The van der Waals surface area contributed by atoms with E-state index in [9.17, 15) is 4.79 Å². The lowest BCUT2D eigenvalue weighted by Gasteiger charge is -2.23. The molecule has 2 aliphatic heterocycles. The molecule has 0 radical (unpaired) electrons. The number of aryl methyl sites for hydroxylation is 1. The Labute approximate surface area is 134 Å². The summed E-state index contributed by atoms with van der Waals surface area (Å²) in [5.74, 6) is 0.284. The van der Waals surface area contributed by atoms with Gasteiger partial charge in [0.15, 0.2) is 0 Å². The Bertz CT molecular complexity index is 679. The lowest BCUT2D eigenvalue weighted by atomic mass is 9.86. The van der Waals surface area contributed by atoms with Gasteiger partial charge in [0.05, 0.1) is 17.5 Å². The maximum Gasteiger partial charge on any atom is 0.228 e. The highest BCUT2D eigenvalue weighted by Crippen LogP contribution is 2.43. The molecule has 4 nitrogen and oxygen atoms in total. The molecule has 4 rings (SSSR count). The van der Waals surface area contributed by atoms with Crippen LogP contribution in [0.4, 0.5) is 5.00 Å². The number of thiophene rings is 1. The quantitative estimate of drug-likeness (QED) is 0.872. The second-order valence-electron chi connectivity index (χ2n) is 6.63. The number of amides is 1. The third-order valence-corrected chi connectivity index (χ3v) is 5.84. The van der Waals surface area contributed by atoms with E-state index in [1.54, 1.807) is 17.6 Å². The van der Waals surface area contributed by atoms with Crippen LogP contribution < -0.4 is 4.90 Å². The molecule has 116 valence electrons. The van der Waals surface area contributed by atoms with Crippen LogP contribution in [0.5, 0.6) is 0 Å². The Morgan fingerprint density at radius 1 is 1.32 bits per heavy atom. The number of anilines is 1. The molecule has 0 unspecified atom stereocenters. The molecule has 0 saturated carbocycles. The van der Waals surface area contributed by atoms with Gasteiger partial charge in [-0.2, -0.15) is 0 Å². The molecular weight excluding hydrogens is 296 g/mol. The van der Waals surface area contributed by atoms with Crippen LogP contribution in [0.25, 0.3) is 0 Å². The van der Waals surface area contributed by atoms with Crippen LogP contribution in [0.15, 0.2) is 35.1 Å². The van der Waals surface area contributed by atoms with Gasteiger partial charge in [0.25, 0.3) is 0 Å². The minimum Gasteiger partial charge on any atom is -0.472 e. The molecule has 2 aromatic rings. The van der Waals surface area contributed by atoms with Gasteiger partial charge in [-0.15, -0.1) is 11.3 Å². The van der Waals surface area contributed by atoms with Gasteiger partial charge in [0.2, 0.25) is 5.91 Å². The predicted octanol–water partition coefficient (Wildman–Crippen LogP) is 3.28. The molecule has 1 atom stereocenters. The van der Waals surface area contributed by atoms with Crippen molar-refractivity contribution < 1.29 is 9.21 Å². The SMILES string of the molecule is Cc1ccc(N2C[C@@]3(CCN(Cc4ccoc4)C3)CC2=O)s1. The van der Waals surface area contributed by atoms with Crippen molar-refractivity contribution >= 4 is 22.2 Å². The highest BCUT2D eigenvalue weighted by molar-refractivity contribution is 7.16. The lowest BCUT2D eigenvalue weighted by molar-refractivity contribution is -0.117. The summed E-state index contributed by atoms with van der Waals surface area (Å²) in [6.07, 6.45) is 5.33. The van der Waals surface area contributed by atoms with Crippen molar-refractivity contribution in [3.63, 3.8) is 0 Å². The van der Waals surface area contributed by atoms with E-state index in [1.165, 1.54) is 10.4 Å². The van der Waals surface area contributed by atoms with Crippen molar-refractivity contribution in [2.45, 2.75) is 26.3 Å². The first kappa shape index (κ1) is 14.0. The van der Waals surface area contributed by atoms with Gasteiger partial charge >= 0.3 is 0 Å². The van der Waals surface area contributed by atoms with Crippen molar-refractivity contribution in [1.29, 1.82) is 0 Å². The Hall–Kier alpha value is -1.59. The van der Waals surface area contributed by atoms with Crippen molar-refractivity contribution in [3.8, 4) is 0 Å². The van der Waals surface area contributed by atoms with Crippen molar-refractivity contribution in [3.05, 3.63) is 41.2 Å². The zero-order chi connectivity index (χ0) is 15.2. The molecule has 2 saturated heterocycles. The van der Waals surface area contributed by atoms with Gasteiger partial charge in [-0.3, -0.25) is 9.69 Å². The molecule has 22 heavy (non-hydrogen) atoms. The molecule has 4 heterocycles. The van der Waals surface area contributed by atoms with Crippen LogP contribution in [0.3, 0.4) is 0 Å². The second-order valence-corrected chi connectivity index (χ2v) is 7.90. The topological polar surface area (TPSA) is 36.7 Å². The molecule has 2 aromatic heterocycles. The number of nitrogens with zero attached hydrogens (tertiary/aromatic N) is 2. The summed E-state index contributed by atoms with van der Waals surface area (Å²) in [6, 6.07) is 6.19. The zero-order valence-corrected chi connectivity index (χ0v) is 13.6. The Morgan fingerprint density at radius 3 is 2.95 bits per heavy atom. The molecule has 0 bridgehead atoms. The van der Waals surface area contributed by atoms with E-state index >= 15 is 0 Å². The number of hydrogen-bond acceptors (Lipinski definition) is 4. The third kappa shape index (κ3) is 2.48. The molecule has 0 aliphatic carbocycles. The first-order chi connectivity index (χ1) is 10.6. The monoisotopic (exact) mass is 316 g/mol. The van der Waals surface area contributed by atoms with E-state index < -0.39 is 0 Å². The van der Waals surface area contributed by atoms with Gasteiger partial charge in [0.1, 0.15) is 0 Å². The van der Waals surface area contributed by atoms with Gasteiger partial charge in [-0.05, 0) is 38.1 Å². The smallest absolute Gasteiger partial charge is 0.228 e. The fourth-order valence-electron chi connectivity index (χ4n) is 3.74. The summed E-state index contributed by atoms with van der Waals surface area (Å²) < 4.78 is 5.15. The molecule has 0 aromatic carbocycles. The second kappa shape index (κ2) is 5.25. The third-order valence-electron chi connectivity index (χ3n) is 4.82.